The van der Waals surface area contributed by atoms with Gasteiger partial charge >= 0.3 is 6.18 Å². The molecule has 0 aliphatic carbocycles. The molecule has 0 saturated heterocycles. The van der Waals surface area contributed by atoms with E-state index in [1.165, 1.54) is 6.08 Å². The Morgan fingerprint density at radius 2 is 2.00 bits per heavy atom. The molecule has 0 aliphatic heterocycles. The summed E-state index contributed by atoms with van der Waals surface area (Å²) in [5.41, 5.74) is 0.706. The lowest BCUT2D eigenvalue weighted by Gasteiger charge is -2.04. The van der Waals surface area contributed by atoms with Gasteiger partial charge in [0.15, 0.2) is 0 Å². The van der Waals surface area contributed by atoms with E-state index in [0.717, 1.165) is 0 Å². The van der Waals surface area contributed by atoms with E-state index in [2.05, 4.69) is 6.58 Å². The van der Waals surface area contributed by atoms with Gasteiger partial charge in [-0.1, -0.05) is 24.3 Å². The van der Waals surface area contributed by atoms with E-state index < -0.39 is 12.6 Å². The van der Waals surface area contributed by atoms with Gasteiger partial charge in [-0.05, 0) is 13.3 Å². The molecule has 0 bridgehead atoms. The van der Waals surface area contributed by atoms with Gasteiger partial charge in [0.25, 0.3) is 0 Å². The van der Waals surface area contributed by atoms with Crippen LogP contribution < -0.4 is 0 Å². The molecule has 0 unspecified atom stereocenters. The molecule has 64 valence electrons. The first-order chi connectivity index (χ1) is 4.95. The number of halogens is 3. The summed E-state index contributed by atoms with van der Waals surface area (Å²) >= 11 is 0. The molecule has 3 heteroatoms. The largest absolute Gasteiger partial charge is 0.389 e. The van der Waals surface area contributed by atoms with Gasteiger partial charge in [0.1, 0.15) is 0 Å². The van der Waals surface area contributed by atoms with Crippen LogP contribution in [0.25, 0.3) is 0 Å². The molecule has 0 nitrogen and oxygen atoms in total. The summed E-state index contributed by atoms with van der Waals surface area (Å²) in [6, 6.07) is 0. The number of alkyl halides is 3. The highest BCUT2D eigenvalue weighted by molar-refractivity contribution is 5.07. The molecule has 0 spiro atoms. The molecule has 0 N–H and O–H groups in total. The van der Waals surface area contributed by atoms with E-state index in [4.69, 9.17) is 0 Å². The fraction of sp³-hybridized carbons (Fsp3) is 0.500. The van der Waals surface area contributed by atoms with Crippen molar-refractivity contribution in [3.8, 4) is 0 Å². The lowest BCUT2D eigenvalue weighted by molar-refractivity contribution is -0.133. The fourth-order valence-electron chi connectivity index (χ4n) is 0.623. The molecule has 11 heavy (non-hydrogen) atoms. The number of hydrogen-bond donors (Lipinski definition) is 0. The zero-order chi connectivity index (χ0) is 8.91. The van der Waals surface area contributed by atoms with Crippen LogP contribution in [-0.4, -0.2) is 6.18 Å². The Kier molecular flexibility index (Phi) is 3.93. The molecule has 0 aliphatic rings. The van der Waals surface area contributed by atoms with Gasteiger partial charge in [-0.3, -0.25) is 0 Å². The highest BCUT2D eigenvalue weighted by Crippen LogP contribution is 2.23. The molecule has 0 heterocycles. The smallest absolute Gasteiger partial charge is 0.171 e. The molecule has 0 aromatic carbocycles. The zero-order valence-electron chi connectivity index (χ0n) is 6.41. The van der Waals surface area contributed by atoms with Gasteiger partial charge in [-0.25, -0.2) is 0 Å². The topological polar surface area (TPSA) is 0 Å². The predicted octanol–water partition coefficient (Wildman–Crippen LogP) is 3.46. The quantitative estimate of drug-likeness (QED) is 0.560. The lowest BCUT2D eigenvalue weighted by Crippen LogP contribution is -2.06. The minimum atomic E-state index is -4.05. The van der Waals surface area contributed by atoms with Crippen LogP contribution in [0, 0.1) is 0 Å². The molecule has 0 rings (SSSR count). The van der Waals surface area contributed by atoms with Gasteiger partial charge < -0.3 is 0 Å². The Bertz CT molecular complexity index is 153. The van der Waals surface area contributed by atoms with Crippen LogP contribution in [-0.2, 0) is 0 Å². The van der Waals surface area contributed by atoms with Crippen molar-refractivity contribution in [3.05, 3.63) is 24.3 Å². The van der Waals surface area contributed by atoms with E-state index in [1.807, 2.05) is 0 Å². The Morgan fingerprint density at radius 3 is 2.36 bits per heavy atom. The van der Waals surface area contributed by atoms with E-state index in [1.54, 1.807) is 13.0 Å². The summed E-state index contributed by atoms with van der Waals surface area (Å²) in [5.74, 6) is 0. The van der Waals surface area contributed by atoms with Crippen molar-refractivity contribution in [1.29, 1.82) is 0 Å². The molecule has 0 aromatic heterocycles. The first-order valence-electron chi connectivity index (χ1n) is 3.30. The van der Waals surface area contributed by atoms with Crippen LogP contribution in [0.4, 0.5) is 13.2 Å². The first kappa shape index (κ1) is 10.3. The molecular weight excluding hydrogens is 153 g/mol. The highest BCUT2D eigenvalue weighted by Gasteiger charge is 2.26. The monoisotopic (exact) mass is 164 g/mol. The van der Waals surface area contributed by atoms with Gasteiger partial charge in [0.2, 0.25) is 0 Å². The highest BCUT2D eigenvalue weighted by atomic mass is 19.4. The van der Waals surface area contributed by atoms with Gasteiger partial charge in [-0.2, -0.15) is 13.2 Å². The maximum atomic E-state index is 11.6. The fourth-order valence-corrected chi connectivity index (χ4v) is 0.623. The summed E-state index contributed by atoms with van der Waals surface area (Å²) in [7, 11) is 0. The molecule has 0 amide bonds. The van der Waals surface area contributed by atoms with Crippen molar-refractivity contribution in [3.63, 3.8) is 0 Å². The third kappa shape index (κ3) is 7.16. The first-order valence-corrected chi connectivity index (χ1v) is 3.30. The van der Waals surface area contributed by atoms with Crippen LogP contribution in [0.1, 0.15) is 19.8 Å². The summed E-state index contributed by atoms with van der Waals surface area (Å²) in [4.78, 5) is 0. The second-order valence-electron chi connectivity index (χ2n) is 2.36. The van der Waals surface area contributed by atoms with Crippen LogP contribution in [0.2, 0.25) is 0 Å². The average Bonchev–Trinajstić information content (AvgIpc) is 1.83. The summed E-state index contributed by atoms with van der Waals surface area (Å²) in [5, 5.41) is 0. The van der Waals surface area contributed by atoms with Gasteiger partial charge in [0, 0.05) is 6.42 Å². The van der Waals surface area contributed by atoms with Crippen LogP contribution in [0.3, 0.4) is 0 Å². The summed E-state index contributed by atoms with van der Waals surface area (Å²) in [6.45, 7) is 5.05. The van der Waals surface area contributed by atoms with E-state index >= 15 is 0 Å². The molecule has 0 radical (unpaired) electrons. The van der Waals surface area contributed by atoms with E-state index in [9.17, 15) is 13.2 Å². The summed E-state index contributed by atoms with van der Waals surface area (Å²) in [6.07, 6.45) is -1.65. The number of rotatable bonds is 3. The Balaban J connectivity index is 3.71. The van der Waals surface area contributed by atoms with E-state index in [0.29, 0.717) is 5.57 Å². The molecular formula is C8H11F3. The van der Waals surface area contributed by atoms with Crippen molar-refractivity contribution in [2.24, 2.45) is 0 Å². The predicted molar refractivity (Wildman–Crippen MR) is 39.2 cm³/mol. The van der Waals surface area contributed by atoms with E-state index in [-0.39, 0.29) is 6.42 Å². The van der Waals surface area contributed by atoms with Crippen molar-refractivity contribution >= 4 is 0 Å². The Morgan fingerprint density at radius 1 is 1.45 bits per heavy atom. The van der Waals surface area contributed by atoms with Crippen molar-refractivity contribution in [1.82, 2.24) is 0 Å². The van der Waals surface area contributed by atoms with Crippen LogP contribution in [0.5, 0.6) is 0 Å². The maximum absolute atomic E-state index is 11.6. The molecule has 0 atom stereocenters. The van der Waals surface area contributed by atoms with Crippen LogP contribution >= 0.6 is 0 Å². The maximum Gasteiger partial charge on any atom is 0.389 e. The van der Waals surface area contributed by atoms with Gasteiger partial charge in [-0.15, -0.1) is 0 Å². The van der Waals surface area contributed by atoms with Crippen molar-refractivity contribution in [2.75, 3.05) is 0 Å². The lowest BCUT2D eigenvalue weighted by atomic mass is 10.1. The SMILES string of the molecule is C=C/C=C(\C)CCC(F)(F)F. The molecule has 0 saturated carbocycles. The average molecular weight is 164 g/mol. The van der Waals surface area contributed by atoms with Crippen LogP contribution in [0.15, 0.2) is 24.3 Å². The standard InChI is InChI=1S/C8H11F3/c1-3-4-7(2)5-6-8(9,10)11/h3-4H,1,5-6H2,2H3/b7-4+. The van der Waals surface area contributed by atoms with Crippen molar-refractivity contribution < 1.29 is 13.2 Å². The minimum absolute atomic E-state index is 0.0650. The Hall–Kier alpha value is -0.730. The molecule has 0 aromatic rings. The minimum Gasteiger partial charge on any atom is -0.171 e. The Labute approximate surface area is 64.4 Å². The zero-order valence-corrected chi connectivity index (χ0v) is 6.41. The third-order valence-corrected chi connectivity index (χ3v) is 1.21. The normalized spacial score (nSPS) is 13.3. The number of allylic oxidation sites excluding steroid dienone is 3. The third-order valence-electron chi connectivity index (χ3n) is 1.21. The van der Waals surface area contributed by atoms with Crippen molar-refractivity contribution in [2.45, 2.75) is 25.9 Å². The second-order valence-corrected chi connectivity index (χ2v) is 2.36. The number of hydrogen-bond acceptors (Lipinski definition) is 0. The summed E-state index contributed by atoms with van der Waals surface area (Å²) < 4.78 is 34.8. The van der Waals surface area contributed by atoms with Gasteiger partial charge in [0.05, 0.1) is 0 Å². The molecule has 0 fully saturated rings. The second kappa shape index (κ2) is 4.21.